The number of rotatable bonds is 1. The Morgan fingerprint density at radius 1 is 1.20 bits per heavy atom. The zero-order valence-electron chi connectivity index (χ0n) is 10.5. The van der Waals surface area contributed by atoms with E-state index >= 15 is 0 Å². The van der Waals surface area contributed by atoms with E-state index in [0.717, 1.165) is 0 Å². The van der Waals surface area contributed by atoms with Crippen LogP contribution in [0.3, 0.4) is 0 Å². The second-order valence-electron chi connectivity index (χ2n) is 4.40. The number of carbonyl (C=O) groups excluding carboxylic acids is 1. The van der Waals surface area contributed by atoms with E-state index in [4.69, 9.17) is 27.9 Å². The molecule has 3 rings (SSSR count). The summed E-state index contributed by atoms with van der Waals surface area (Å²) in [6.45, 7) is 2.14. The molecule has 2 aromatic rings. The predicted octanol–water partition coefficient (Wildman–Crippen LogP) is 2.41. The van der Waals surface area contributed by atoms with Crippen LogP contribution in [-0.4, -0.2) is 47.1 Å². The van der Waals surface area contributed by atoms with E-state index in [-0.39, 0.29) is 16.9 Å². The summed E-state index contributed by atoms with van der Waals surface area (Å²) in [4.78, 5) is 22.3. The van der Waals surface area contributed by atoms with Crippen LogP contribution in [0.5, 0.6) is 0 Å². The lowest BCUT2D eigenvalue weighted by atomic mass is 10.2. The van der Waals surface area contributed by atoms with Crippen LogP contribution in [0, 0.1) is 0 Å². The number of halogens is 2. The van der Waals surface area contributed by atoms with E-state index < -0.39 is 0 Å². The average molecular weight is 312 g/mol. The number of amides is 1. The summed E-state index contributed by atoms with van der Waals surface area (Å²) in [6.07, 6.45) is 0. The quantitative estimate of drug-likeness (QED) is 0.759. The van der Waals surface area contributed by atoms with Gasteiger partial charge >= 0.3 is 0 Å². The molecule has 7 heteroatoms. The van der Waals surface area contributed by atoms with Crippen molar-refractivity contribution < 1.29 is 9.53 Å². The third-order valence-corrected chi connectivity index (χ3v) is 3.62. The third-order valence-electron chi connectivity index (χ3n) is 3.10. The molecule has 5 nitrogen and oxygen atoms in total. The van der Waals surface area contributed by atoms with Gasteiger partial charge in [-0.05, 0) is 18.2 Å². The van der Waals surface area contributed by atoms with Gasteiger partial charge in [-0.1, -0.05) is 23.2 Å². The van der Waals surface area contributed by atoms with Gasteiger partial charge < -0.3 is 9.64 Å². The Kier molecular flexibility index (Phi) is 3.74. The minimum atomic E-state index is -0.230. The van der Waals surface area contributed by atoms with Crippen molar-refractivity contribution in [2.24, 2.45) is 0 Å². The summed E-state index contributed by atoms with van der Waals surface area (Å²) >= 11 is 12.0. The number of nitrogens with zero attached hydrogens (tertiary/aromatic N) is 3. The molecule has 0 saturated carbocycles. The number of ether oxygens (including phenoxy) is 1. The van der Waals surface area contributed by atoms with Crippen LogP contribution < -0.4 is 0 Å². The first-order valence-corrected chi connectivity index (χ1v) is 6.90. The highest BCUT2D eigenvalue weighted by molar-refractivity contribution is 6.35. The Hall–Kier alpha value is -1.43. The van der Waals surface area contributed by atoms with Crippen LogP contribution in [0.4, 0.5) is 0 Å². The van der Waals surface area contributed by atoms with Crippen LogP contribution in [0.1, 0.15) is 10.6 Å². The fourth-order valence-electron chi connectivity index (χ4n) is 2.07. The van der Waals surface area contributed by atoms with Gasteiger partial charge in [-0.25, -0.2) is 9.97 Å². The summed E-state index contributed by atoms with van der Waals surface area (Å²) in [5.41, 5.74) is 0.603. The summed E-state index contributed by atoms with van der Waals surface area (Å²) in [5.74, 6) is -0.126. The molecule has 20 heavy (non-hydrogen) atoms. The molecule has 1 aromatic heterocycles. The van der Waals surface area contributed by atoms with Crippen molar-refractivity contribution in [3.8, 4) is 0 Å². The standard InChI is InChI=1S/C13H11Cl2N3O2/c14-8-1-2-10-9(7-8)11(15)17-12(16-10)13(19)18-3-5-20-6-4-18/h1-2,7H,3-6H2. The summed E-state index contributed by atoms with van der Waals surface area (Å²) in [6, 6.07) is 5.11. The van der Waals surface area contributed by atoms with Gasteiger partial charge in [-0.15, -0.1) is 0 Å². The summed E-state index contributed by atoms with van der Waals surface area (Å²) < 4.78 is 5.22. The van der Waals surface area contributed by atoms with Gasteiger partial charge in [0, 0.05) is 23.5 Å². The molecule has 1 aromatic carbocycles. The Balaban J connectivity index is 1.99. The first-order valence-electron chi connectivity index (χ1n) is 6.15. The zero-order chi connectivity index (χ0) is 14.1. The van der Waals surface area contributed by atoms with E-state index in [0.29, 0.717) is 42.2 Å². The molecule has 104 valence electrons. The van der Waals surface area contributed by atoms with Crippen LogP contribution in [0.2, 0.25) is 10.2 Å². The lowest BCUT2D eigenvalue weighted by Gasteiger charge is -2.26. The van der Waals surface area contributed by atoms with Crippen LogP contribution in [0.15, 0.2) is 18.2 Å². The van der Waals surface area contributed by atoms with Crippen molar-refractivity contribution in [3.05, 3.63) is 34.2 Å². The molecule has 1 fully saturated rings. The summed E-state index contributed by atoms with van der Waals surface area (Å²) in [5, 5.41) is 1.42. The zero-order valence-corrected chi connectivity index (χ0v) is 12.0. The highest BCUT2D eigenvalue weighted by Gasteiger charge is 2.22. The fraction of sp³-hybridized carbons (Fsp3) is 0.308. The first kappa shape index (κ1) is 13.5. The van der Waals surface area contributed by atoms with Gasteiger partial charge in [0.2, 0.25) is 5.82 Å². The molecule has 0 radical (unpaired) electrons. The SMILES string of the molecule is O=C(c1nc(Cl)c2cc(Cl)ccc2n1)N1CCOCC1. The molecule has 0 aliphatic carbocycles. The van der Waals surface area contributed by atoms with E-state index in [1.165, 1.54) is 0 Å². The normalized spacial score (nSPS) is 15.6. The largest absolute Gasteiger partial charge is 0.378 e. The Labute approximate surface area is 125 Å². The molecule has 2 heterocycles. The second kappa shape index (κ2) is 5.52. The lowest BCUT2D eigenvalue weighted by molar-refractivity contribution is 0.0295. The molecule has 1 amide bonds. The lowest BCUT2D eigenvalue weighted by Crippen LogP contribution is -2.41. The minimum absolute atomic E-state index is 0.103. The van der Waals surface area contributed by atoms with Gasteiger partial charge in [0.1, 0.15) is 5.15 Å². The molecule has 0 N–H and O–H groups in total. The molecule has 1 aliphatic heterocycles. The average Bonchev–Trinajstić information content (AvgIpc) is 2.48. The van der Waals surface area contributed by atoms with E-state index in [9.17, 15) is 4.79 Å². The van der Waals surface area contributed by atoms with Crippen LogP contribution in [0.25, 0.3) is 10.9 Å². The van der Waals surface area contributed by atoms with Crippen molar-refractivity contribution in [1.29, 1.82) is 0 Å². The number of fused-ring (bicyclic) bond motifs is 1. The molecular formula is C13H11Cl2N3O2. The molecule has 0 unspecified atom stereocenters. The predicted molar refractivity (Wildman–Crippen MR) is 76.3 cm³/mol. The van der Waals surface area contributed by atoms with E-state index in [1.54, 1.807) is 23.1 Å². The number of hydrogen-bond donors (Lipinski definition) is 0. The highest BCUT2D eigenvalue weighted by Crippen LogP contribution is 2.24. The van der Waals surface area contributed by atoms with Gasteiger partial charge in [0.25, 0.3) is 5.91 Å². The maximum Gasteiger partial charge on any atom is 0.291 e. The highest BCUT2D eigenvalue weighted by atomic mass is 35.5. The van der Waals surface area contributed by atoms with Gasteiger partial charge in [0.05, 0.1) is 18.7 Å². The topological polar surface area (TPSA) is 55.3 Å². The van der Waals surface area contributed by atoms with Crippen molar-refractivity contribution in [2.75, 3.05) is 26.3 Å². The Bertz CT molecular complexity index is 672. The number of morpholine rings is 1. The third kappa shape index (κ3) is 2.57. The molecule has 0 bridgehead atoms. The number of benzene rings is 1. The smallest absolute Gasteiger partial charge is 0.291 e. The second-order valence-corrected chi connectivity index (χ2v) is 5.20. The van der Waals surface area contributed by atoms with Gasteiger partial charge in [0.15, 0.2) is 0 Å². The van der Waals surface area contributed by atoms with Crippen molar-refractivity contribution in [3.63, 3.8) is 0 Å². The van der Waals surface area contributed by atoms with E-state index in [1.807, 2.05) is 0 Å². The minimum Gasteiger partial charge on any atom is -0.378 e. The van der Waals surface area contributed by atoms with Gasteiger partial charge in [-0.2, -0.15) is 0 Å². The molecule has 1 aliphatic rings. The molecule has 0 spiro atoms. The molecular weight excluding hydrogens is 301 g/mol. The van der Waals surface area contributed by atoms with Crippen molar-refractivity contribution in [1.82, 2.24) is 14.9 Å². The Morgan fingerprint density at radius 2 is 1.95 bits per heavy atom. The monoisotopic (exact) mass is 311 g/mol. The maximum atomic E-state index is 12.3. The van der Waals surface area contributed by atoms with E-state index in [2.05, 4.69) is 9.97 Å². The number of aromatic nitrogens is 2. The first-order chi connectivity index (χ1) is 9.65. The molecule has 0 atom stereocenters. The number of carbonyl (C=O) groups is 1. The van der Waals surface area contributed by atoms with Gasteiger partial charge in [-0.3, -0.25) is 4.79 Å². The summed E-state index contributed by atoms with van der Waals surface area (Å²) in [7, 11) is 0. The maximum absolute atomic E-state index is 12.3. The number of hydrogen-bond acceptors (Lipinski definition) is 4. The van der Waals surface area contributed by atoms with Crippen molar-refractivity contribution >= 4 is 40.0 Å². The fourth-order valence-corrected chi connectivity index (χ4v) is 2.47. The Morgan fingerprint density at radius 3 is 2.70 bits per heavy atom. The molecule has 1 saturated heterocycles. The van der Waals surface area contributed by atoms with Crippen molar-refractivity contribution in [2.45, 2.75) is 0 Å². The van der Waals surface area contributed by atoms with Crippen LogP contribution in [-0.2, 0) is 4.74 Å². The van der Waals surface area contributed by atoms with Crippen LogP contribution >= 0.6 is 23.2 Å².